The van der Waals surface area contributed by atoms with Crippen molar-refractivity contribution < 1.29 is 17.9 Å². The first-order valence-electron chi connectivity index (χ1n) is 9.69. The molecule has 2 aromatic heterocycles. The zero-order chi connectivity index (χ0) is 23.4. The van der Waals surface area contributed by atoms with Gasteiger partial charge in [-0.15, -0.1) is 5.10 Å². The second kappa shape index (κ2) is 9.93. The molecule has 0 saturated heterocycles. The fraction of sp³-hybridized carbons (Fsp3) is 0.286. The molecule has 0 atom stereocenters. The molecule has 1 N–H and O–H groups in total. The monoisotopic (exact) mass is 496 g/mol. The standard InChI is InChI=1S/C21H25ClN4O4S2/c1-31(2,3)15-7-14-30-19-12-13-26(24-19)18-11-10-17(20(22)23-18)21(27)25-32(28,29)16-8-5-4-6-9-16/h4-6,8-13H,7,14-15H2,1-3H3,(H,25,27). The Morgan fingerprint density at radius 2 is 1.81 bits per heavy atom. The largest absolute Gasteiger partial charge is 0.477 e. The first-order valence-corrected chi connectivity index (χ1v) is 14.6. The van der Waals surface area contributed by atoms with Gasteiger partial charge in [0.1, 0.15) is 5.15 Å². The molecule has 11 heteroatoms. The van der Waals surface area contributed by atoms with Crippen LogP contribution in [0.2, 0.25) is 5.15 Å². The van der Waals surface area contributed by atoms with Crippen molar-refractivity contribution in [3.05, 3.63) is 65.4 Å². The minimum atomic E-state index is -4.02. The number of nitrogens with one attached hydrogen (secondary N) is 1. The minimum absolute atomic E-state index is 0.0259. The van der Waals surface area contributed by atoms with E-state index in [2.05, 4.69) is 28.8 Å². The maximum absolute atomic E-state index is 12.5. The van der Waals surface area contributed by atoms with E-state index in [1.54, 1.807) is 30.5 Å². The van der Waals surface area contributed by atoms with Crippen molar-refractivity contribution in [2.75, 3.05) is 31.1 Å². The Labute approximate surface area is 194 Å². The number of benzene rings is 1. The number of rotatable bonds is 9. The average molecular weight is 497 g/mol. The predicted octanol–water partition coefficient (Wildman–Crippen LogP) is 3.50. The zero-order valence-corrected chi connectivity index (χ0v) is 20.4. The van der Waals surface area contributed by atoms with Gasteiger partial charge in [-0.25, -0.2) is 32.8 Å². The number of amides is 1. The first-order chi connectivity index (χ1) is 15.0. The van der Waals surface area contributed by atoms with Gasteiger partial charge in [0.05, 0.1) is 17.1 Å². The maximum Gasteiger partial charge on any atom is 0.268 e. The van der Waals surface area contributed by atoms with E-state index in [-0.39, 0.29) is 15.6 Å². The van der Waals surface area contributed by atoms with E-state index in [1.165, 1.54) is 28.9 Å². The third kappa shape index (κ3) is 6.47. The number of nitrogens with zero attached hydrogens (tertiary/aromatic N) is 3. The van der Waals surface area contributed by atoms with Gasteiger partial charge in [-0.1, -0.05) is 29.8 Å². The van der Waals surface area contributed by atoms with Gasteiger partial charge in [-0.3, -0.25) is 4.79 Å². The lowest BCUT2D eigenvalue weighted by molar-refractivity contribution is 0.0981. The van der Waals surface area contributed by atoms with Crippen molar-refractivity contribution in [2.45, 2.75) is 11.3 Å². The SMILES string of the molecule is CS(C)(C)CCCOc1ccn(-c2ccc(C(=O)NS(=O)(=O)c3ccccc3)c(Cl)n2)n1. The molecule has 2 heterocycles. The molecule has 0 aliphatic rings. The number of pyridine rings is 1. The number of sulfonamides is 1. The van der Waals surface area contributed by atoms with Crippen molar-refractivity contribution in [1.29, 1.82) is 0 Å². The molecule has 0 bridgehead atoms. The summed E-state index contributed by atoms with van der Waals surface area (Å²) in [7, 11) is -4.58. The number of carbonyl (C=O) groups is 1. The molecule has 0 aliphatic heterocycles. The first kappa shape index (κ1) is 24.1. The molecule has 1 amide bonds. The summed E-state index contributed by atoms with van der Waals surface area (Å²) in [5.41, 5.74) is -0.0665. The Kier molecular flexibility index (Phi) is 7.47. The molecular weight excluding hydrogens is 472 g/mol. The second-order valence-corrected chi connectivity index (χ2v) is 14.5. The van der Waals surface area contributed by atoms with Crippen LogP contribution in [0.5, 0.6) is 5.88 Å². The van der Waals surface area contributed by atoms with Gasteiger partial charge in [0, 0.05) is 12.3 Å². The van der Waals surface area contributed by atoms with Crippen LogP contribution >= 0.6 is 21.6 Å². The molecule has 3 rings (SSSR count). The highest BCUT2D eigenvalue weighted by Gasteiger charge is 2.21. The summed E-state index contributed by atoms with van der Waals surface area (Å²) >= 11 is 6.16. The predicted molar refractivity (Wildman–Crippen MR) is 128 cm³/mol. The number of hydrogen-bond donors (Lipinski definition) is 1. The van der Waals surface area contributed by atoms with E-state index in [4.69, 9.17) is 16.3 Å². The highest BCUT2D eigenvalue weighted by Crippen LogP contribution is 2.34. The molecule has 0 radical (unpaired) electrons. The third-order valence-electron chi connectivity index (χ3n) is 4.31. The number of aromatic nitrogens is 3. The zero-order valence-electron chi connectivity index (χ0n) is 18.0. The van der Waals surface area contributed by atoms with Crippen LogP contribution < -0.4 is 9.46 Å². The normalized spacial score (nSPS) is 12.4. The van der Waals surface area contributed by atoms with Gasteiger partial charge in [0.25, 0.3) is 15.9 Å². The number of hydrogen-bond acceptors (Lipinski definition) is 6. The Morgan fingerprint density at radius 1 is 1.09 bits per heavy atom. The summed E-state index contributed by atoms with van der Waals surface area (Å²) < 4.78 is 33.9. The van der Waals surface area contributed by atoms with Gasteiger partial charge < -0.3 is 4.74 Å². The summed E-state index contributed by atoms with van der Waals surface area (Å²) in [5, 5.41) is 4.17. The molecule has 0 unspecified atom stereocenters. The summed E-state index contributed by atoms with van der Waals surface area (Å²) in [6.07, 6.45) is 9.41. The highest BCUT2D eigenvalue weighted by molar-refractivity contribution is 8.32. The summed E-state index contributed by atoms with van der Waals surface area (Å²) in [6.45, 7) is 0.574. The third-order valence-corrected chi connectivity index (χ3v) is 7.46. The van der Waals surface area contributed by atoms with Crippen molar-refractivity contribution >= 4 is 37.6 Å². The Hall–Kier alpha value is -2.56. The van der Waals surface area contributed by atoms with Crippen molar-refractivity contribution in [2.24, 2.45) is 0 Å². The molecule has 32 heavy (non-hydrogen) atoms. The van der Waals surface area contributed by atoms with Crippen LogP contribution in [-0.4, -0.2) is 60.2 Å². The second-order valence-electron chi connectivity index (χ2n) is 7.85. The molecule has 172 valence electrons. The van der Waals surface area contributed by atoms with Crippen LogP contribution in [0.3, 0.4) is 0 Å². The fourth-order valence-electron chi connectivity index (χ4n) is 2.74. The van der Waals surface area contributed by atoms with Gasteiger partial charge in [0.2, 0.25) is 5.88 Å². The molecule has 0 fully saturated rings. The summed E-state index contributed by atoms with van der Waals surface area (Å²) in [5.74, 6) is 1.08. The van der Waals surface area contributed by atoms with Crippen LogP contribution in [0.4, 0.5) is 0 Å². The Morgan fingerprint density at radius 3 is 2.47 bits per heavy atom. The van der Waals surface area contributed by atoms with Crippen LogP contribution in [-0.2, 0) is 10.0 Å². The van der Waals surface area contributed by atoms with Gasteiger partial charge in [-0.2, -0.15) is 0 Å². The number of carbonyl (C=O) groups excluding carboxylic acids is 1. The van der Waals surface area contributed by atoms with E-state index in [1.807, 2.05) is 4.72 Å². The minimum Gasteiger partial charge on any atom is -0.477 e. The molecule has 8 nitrogen and oxygen atoms in total. The van der Waals surface area contributed by atoms with E-state index in [0.29, 0.717) is 18.3 Å². The summed E-state index contributed by atoms with van der Waals surface area (Å²) in [6, 6.07) is 12.2. The number of ether oxygens (including phenoxy) is 1. The van der Waals surface area contributed by atoms with Crippen LogP contribution in [0.1, 0.15) is 16.8 Å². The average Bonchev–Trinajstić information content (AvgIpc) is 3.20. The van der Waals surface area contributed by atoms with E-state index in [0.717, 1.165) is 12.2 Å². The molecule has 1 aromatic carbocycles. The Bertz CT molecular complexity index is 1190. The molecular formula is C21H25ClN4O4S2. The Balaban J connectivity index is 1.66. The van der Waals surface area contributed by atoms with Crippen LogP contribution in [0, 0.1) is 0 Å². The summed E-state index contributed by atoms with van der Waals surface area (Å²) in [4.78, 5) is 16.6. The quantitative estimate of drug-likeness (QED) is 0.359. The van der Waals surface area contributed by atoms with Gasteiger partial charge in [0.15, 0.2) is 5.82 Å². The lowest BCUT2D eigenvalue weighted by Crippen LogP contribution is -2.31. The van der Waals surface area contributed by atoms with E-state index >= 15 is 0 Å². The van der Waals surface area contributed by atoms with Crippen molar-refractivity contribution in [3.8, 4) is 11.7 Å². The highest BCUT2D eigenvalue weighted by atomic mass is 35.5. The van der Waals surface area contributed by atoms with Gasteiger partial charge >= 0.3 is 0 Å². The number of halogens is 1. The van der Waals surface area contributed by atoms with Crippen molar-refractivity contribution in [3.63, 3.8) is 0 Å². The van der Waals surface area contributed by atoms with Crippen LogP contribution in [0.25, 0.3) is 5.82 Å². The van der Waals surface area contributed by atoms with E-state index < -0.39 is 26.0 Å². The maximum atomic E-state index is 12.5. The smallest absolute Gasteiger partial charge is 0.268 e. The van der Waals surface area contributed by atoms with Crippen LogP contribution in [0.15, 0.2) is 59.6 Å². The molecule has 3 aromatic rings. The molecule has 0 aliphatic carbocycles. The topological polar surface area (TPSA) is 103 Å². The molecule has 0 saturated carbocycles. The lowest BCUT2D eigenvalue weighted by atomic mass is 10.3. The lowest BCUT2D eigenvalue weighted by Gasteiger charge is -2.24. The van der Waals surface area contributed by atoms with Crippen molar-refractivity contribution in [1.82, 2.24) is 19.5 Å². The van der Waals surface area contributed by atoms with E-state index in [9.17, 15) is 13.2 Å². The van der Waals surface area contributed by atoms with Gasteiger partial charge in [-0.05, 0) is 55.2 Å². The fourth-order valence-corrected chi connectivity index (χ4v) is 4.94. The molecule has 0 spiro atoms.